The van der Waals surface area contributed by atoms with Gasteiger partial charge in [0.25, 0.3) is 0 Å². The van der Waals surface area contributed by atoms with Crippen LogP contribution in [0.2, 0.25) is 0 Å². The van der Waals surface area contributed by atoms with E-state index in [4.69, 9.17) is 5.73 Å². The summed E-state index contributed by atoms with van der Waals surface area (Å²) in [5, 5.41) is 3.07. The van der Waals surface area contributed by atoms with Gasteiger partial charge in [-0.25, -0.2) is 4.39 Å². The number of benzene rings is 1. The van der Waals surface area contributed by atoms with Crippen LogP contribution in [0.15, 0.2) is 18.2 Å². The molecule has 0 aromatic heterocycles. The van der Waals surface area contributed by atoms with Crippen molar-refractivity contribution in [1.82, 2.24) is 10.2 Å². The van der Waals surface area contributed by atoms with Crippen LogP contribution in [0.5, 0.6) is 0 Å². The van der Waals surface area contributed by atoms with Crippen LogP contribution in [0.25, 0.3) is 0 Å². The molecule has 4 nitrogen and oxygen atoms in total. The summed E-state index contributed by atoms with van der Waals surface area (Å²) in [7, 11) is 0. The van der Waals surface area contributed by atoms with Gasteiger partial charge < -0.3 is 11.1 Å². The van der Waals surface area contributed by atoms with E-state index in [2.05, 4.69) is 10.2 Å². The third kappa shape index (κ3) is 2.77. The first-order chi connectivity index (χ1) is 9.61. The molecule has 1 aromatic carbocycles. The Morgan fingerprint density at radius 3 is 3.10 bits per heavy atom. The van der Waals surface area contributed by atoms with Crippen molar-refractivity contribution in [2.45, 2.75) is 31.8 Å². The van der Waals surface area contributed by atoms with E-state index < -0.39 is 0 Å². The minimum Gasteiger partial charge on any atom is -0.398 e. The first kappa shape index (κ1) is 13.4. The van der Waals surface area contributed by atoms with Gasteiger partial charge in [-0.2, -0.15) is 0 Å². The molecule has 0 bridgehead atoms. The van der Waals surface area contributed by atoms with Gasteiger partial charge in [-0.1, -0.05) is 0 Å². The molecule has 5 heteroatoms. The number of hydrogen-bond donors (Lipinski definition) is 2. The molecule has 0 aliphatic carbocycles. The average Bonchev–Trinajstić information content (AvgIpc) is 2.43. The van der Waals surface area contributed by atoms with Gasteiger partial charge in [-0.05, 0) is 42.5 Å². The minimum absolute atomic E-state index is 0.175. The Morgan fingerprint density at radius 2 is 2.25 bits per heavy atom. The predicted octanol–water partition coefficient (Wildman–Crippen LogP) is 1.51. The molecule has 3 rings (SSSR count). The quantitative estimate of drug-likeness (QED) is 0.806. The minimum atomic E-state index is -0.242. The first-order valence-corrected chi connectivity index (χ1v) is 7.17. The van der Waals surface area contributed by atoms with Crippen LogP contribution in [0.3, 0.4) is 0 Å². The summed E-state index contributed by atoms with van der Waals surface area (Å²) in [5.74, 6) is 0.444. The van der Waals surface area contributed by atoms with Crippen molar-refractivity contribution in [3.63, 3.8) is 0 Å². The third-order valence-corrected chi connectivity index (χ3v) is 4.41. The lowest BCUT2D eigenvalue weighted by Crippen LogP contribution is -2.53. The van der Waals surface area contributed by atoms with Gasteiger partial charge in [0.15, 0.2) is 0 Å². The van der Waals surface area contributed by atoms with Crippen molar-refractivity contribution in [2.24, 2.45) is 5.92 Å². The van der Waals surface area contributed by atoms with Crippen LogP contribution >= 0.6 is 0 Å². The molecular formula is C15H20FN3O. The van der Waals surface area contributed by atoms with Crippen molar-refractivity contribution in [3.8, 4) is 0 Å². The number of halogens is 1. The number of nitrogens with zero attached hydrogens (tertiary/aromatic N) is 1. The van der Waals surface area contributed by atoms with Crippen LogP contribution in [0.4, 0.5) is 10.1 Å². The standard InChI is InChI=1S/C15H20FN3O/c16-12-2-3-13(17)11(7-12)9-19-6-5-14-10(8-19)1-4-15(20)18-14/h2-3,7,10,14H,1,4-6,8-9,17H2,(H,18,20). The lowest BCUT2D eigenvalue weighted by Gasteiger charge is -2.41. The second-order valence-electron chi connectivity index (χ2n) is 5.84. The lowest BCUT2D eigenvalue weighted by molar-refractivity contribution is -0.125. The SMILES string of the molecule is Nc1ccc(F)cc1CN1CCC2NC(=O)CCC2C1. The average molecular weight is 277 g/mol. The molecule has 2 aliphatic rings. The molecule has 2 saturated heterocycles. The summed E-state index contributed by atoms with van der Waals surface area (Å²) >= 11 is 0. The van der Waals surface area contributed by atoms with Crippen LogP contribution in [0.1, 0.15) is 24.8 Å². The number of carbonyl (C=O) groups excluding carboxylic acids is 1. The Labute approximate surface area is 118 Å². The number of nitrogens with two attached hydrogens (primary N) is 1. The van der Waals surface area contributed by atoms with Gasteiger partial charge in [0, 0.05) is 37.8 Å². The number of anilines is 1. The molecule has 20 heavy (non-hydrogen) atoms. The molecule has 1 amide bonds. The van der Waals surface area contributed by atoms with Crippen LogP contribution in [-0.4, -0.2) is 29.9 Å². The number of nitrogens with one attached hydrogen (secondary N) is 1. The monoisotopic (exact) mass is 277 g/mol. The van der Waals surface area contributed by atoms with Gasteiger partial charge in [0.05, 0.1) is 0 Å². The fraction of sp³-hybridized carbons (Fsp3) is 0.533. The summed E-state index contributed by atoms with van der Waals surface area (Å²) in [6.07, 6.45) is 2.54. The summed E-state index contributed by atoms with van der Waals surface area (Å²) in [5.41, 5.74) is 7.40. The zero-order valence-electron chi connectivity index (χ0n) is 11.4. The Kier molecular flexibility index (Phi) is 3.61. The predicted molar refractivity (Wildman–Crippen MR) is 75.4 cm³/mol. The Bertz CT molecular complexity index is 520. The molecule has 2 fully saturated rings. The highest BCUT2D eigenvalue weighted by molar-refractivity contribution is 5.77. The number of piperidine rings is 2. The highest BCUT2D eigenvalue weighted by Gasteiger charge is 2.33. The zero-order chi connectivity index (χ0) is 14.1. The van der Waals surface area contributed by atoms with Gasteiger partial charge >= 0.3 is 0 Å². The summed E-state index contributed by atoms with van der Waals surface area (Å²) in [4.78, 5) is 13.7. The number of carbonyl (C=O) groups is 1. The number of fused-ring (bicyclic) bond motifs is 1. The largest absolute Gasteiger partial charge is 0.398 e. The summed E-state index contributed by atoms with van der Waals surface area (Å²) < 4.78 is 13.3. The van der Waals surface area contributed by atoms with Crippen LogP contribution in [0, 0.1) is 11.7 Å². The maximum absolute atomic E-state index is 13.3. The second-order valence-corrected chi connectivity index (χ2v) is 5.84. The number of rotatable bonds is 2. The van der Waals surface area contributed by atoms with Gasteiger partial charge in [0.2, 0.25) is 5.91 Å². The van der Waals surface area contributed by atoms with E-state index in [9.17, 15) is 9.18 Å². The molecule has 2 unspecified atom stereocenters. The van der Waals surface area contributed by atoms with Gasteiger partial charge in [-0.3, -0.25) is 9.69 Å². The van der Waals surface area contributed by atoms with Crippen molar-refractivity contribution < 1.29 is 9.18 Å². The highest BCUT2D eigenvalue weighted by atomic mass is 19.1. The van der Waals surface area contributed by atoms with Crippen LogP contribution in [-0.2, 0) is 11.3 Å². The van der Waals surface area contributed by atoms with Crippen LogP contribution < -0.4 is 11.1 Å². The summed E-state index contributed by atoms with van der Waals surface area (Å²) in [6.45, 7) is 2.54. The molecule has 2 heterocycles. The molecule has 3 N–H and O–H groups in total. The van der Waals surface area contributed by atoms with E-state index in [-0.39, 0.29) is 11.7 Å². The van der Waals surface area contributed by atoms with E-state index in [1.54, 1.807) is 6.07 Å². The Morgan fingerprint density at radius 1 is 1.40 bits per heavy atom. The van der Waals surface area contributed by atoms with Gasteiger partial charge in [0.1, 0.15) is 5.82 Å². The number of amides is 1. The topological polar surface area (TPSA) is 58.4 Å². The third-order valence-electron chi connectivity index (χ3n) is 4.41. The van der Waals surface area contributed by atoms with E-state index >= 15 is 0 Å². The molecule has 0 spiro atoms. The molecule has 1 aromatic rings. The number of hydrogen-bond acceptors (Lipinski definition) is 3. The normalized spacial score (nSPS) is 26.9. The fourth-order valence-corrected chi connectivity index (χ4v) is 3.28. The molecule has 2 atom stereocenters. The van der Waals surface area contributed by atoms with E-state index in [1.807, 2.05) is 0 Å². The molecule has 0 saturated carbocycles. The highest BCUT2D eigenvalue weighted by Crippen LogP contribution is 2.27. The summed E-state index contributed by atoms with van der Waals surface area (Å²) in [6, 6.07) is 4.85. The number of nitrogen functional groups attached to an aromatic ring is 1. The Hall–Kier alpha value is -1.62. The van der Waals surface area contributed by atoms with Crippen molar-refractivity contribution in [1.29, 1.82) is 0 Å². The second kappa shape index (κ2) is 5.40. The fourth-order valence-electron chi connectivity index (χ4n) is 3.28. The molecule has 2 aliphatic heterocycles. The lowest BCUT2D eigenvalue weighted by atomic mass is 9.85. The van der Waals surface area contributed by atoms with E-state index in [1.165, 1.54) is 12.1 Å². The van der Waals surface area contributed by atoms with Crippen molar-refractivity contribution in [2.75, 3.05) is 18.8 Å². The van der Waals surface area contributed by atoms with Crippen molar-refractivity contribution in [3.05, 3.63) is 29.6 Å². The van der Waals surface area contributed by atoms with E-state index in [0.717, 1.165) is 31.5 Å². The molecular weight excluding hydrogens is 257 g/mol. The smallest absolute Gasteiger partial charge is 0.220 e. The zero-order valence-corrected chi connectivity index (χ0v) is 11.4. The first-order valence-electron chi connectivity index (χ1n) is 7.17. The Balaban J connectivity index is 1.65. The van der Waals surface area contributed by atoms with Gasteiger partial charge in [-0.15, -0.1) is 0 Å². The van der Waals surface area contributed by atoms with E-state index in [0.29, 0.717) is 30.6 Å². The molecule has 108 valence electrons. The maximum Gasteiger partial charge on any atom is 0.220 e. The maximum atomic E-state index is 13.3. The number of likely N-dealkylation sites (tertiary alicyclic amines) is 1. The van der Waals surface area contributed by atoms with Crippen molar-refractivity contribution >= 4 is 11.6 Å². The molecule has 0 radical (unpaired) electrons.